The summed E-state index contributed by atoms with van der Waals surface area (Å²) in [6.45, 7) is 3.20. The molecule has 0 aliphatic carbocycles. The van der Waals surface area contributed by atoms with E-state index in [1.165, 1.54) is 22.4 Å². The van der Waals surface area contributed by atoms with Crippen LogP contribution in [-0.4, -0.2) is 20.6 Å². The summed E-state index contributed by atoms with van der Waals surface area (Å²) in [5, 5.41) is 3.07. The van der Waals surface area contributed by atoms with Crippen molar-refractivity contribution in [2.45, 2.75) is 30.2 Å². The smallest absolute Gasteiger partial charge is 0.303 e. The first-order valence-electron chi connectivity index (χ1n) is 9.09. The number of nitrogens with zero attached hydrogens (tertiary/aromatic N) is 2. The van der Waals surface area contributed by atoms with Crippen LogP contribution in [0.5, 0.6) is 0 Å². The van der Waals surface area contributed by atoms with Gasteiger partial charge in [0.2, 0.25) is 0 Å². The van der Waals surface area contributed by atoms with Gasteiger partial charge in [-0.25, -0.2) is 9.50 Å². The lowest BCUT2D eigenvalue weighted by atomic mass is 10.1. The molecule has 7 heteroatoms. The highest BCUT2D eigenvalue weighted by Gasteiger charge is 2.15. The van der Waals surface area contributed by atoms with Crippen molar-refractivity contribution in [2.24, 2.45) is 0 Å². The first-order chi connectivity index (χ1) is 14.0. The molecule has 2 aromatic heterocycles. The standard InChI is InChI=1S/C22H19N3O3S/c1-14-21(16-8-10-19(11-9-16)29-18-6-4-3-5-7-18)22-23-17(13-28-15(2)26)12-20(27)25(22)24-14/h3-12,24H,13H2,1-2H3. The first kappa shape index (κ1) is 19.0. The van der Waals surface area contributed by atoms with Crippen LogP contribution in [0.15, 0.2) is 75.2 Å². The fraction of sp³-hybridized carbons (Fsp3) is 0.136. The number of H-pyrrole nitrogens is 1. The summed E-state index contributed by atoms with van der Waals surface area (Å²) in [7, 11) is 0. The van der Waals surface area contributed by atoms with Crippen molar-refractivity contribution in [3.8, 4) is 11.1 Å². The van der Waals surface area contributed by atoms with Crippen molar-refractivity contribution in [3.05, 3.63) is 82.4 Å². The minimum atomic E-state index is -0.413. The number of nitrogens with one attached hydrogen (secondary N) is 1. The fourth-order valence-corrected chi connectivity index (χ4v) is 3.94. The van der Waals surface area contributed by atoms with Gasteiger partial charge in [-0.3, -0.25) is 14.7 Å². The monoisotopic (exact) mass is 405 g/mol. The van der Waals surface area contributed by atoms with Crippen LogP contribution in [0.3, 0.4) is 0 Å². The zero-order valence-corrected chi connectivity index (χ0v) is 16.8. The molecule has 0 spiro atoms. The summed E-state index contributed by atoms with van der Waals surface area (Å²) in [6.07, 6.45) is 0. The number of aryl methyl sites for hydroxylation is 1. The van der Waals surface area contributed by atoms with E-state index in [4.69, 9.17) is 4.74 Å². The van der Waals surface area contributed by atoms with Gasteiger partial charge in [0, 0.05) is 34.0 Å². The minimum Gasteiger partial charge on any atom is -0.459 e. The molecule has 0 bridgehead atoms. The van der Waals surface area contributed by atoms with Crippen LogP contribution >= 0.6 is 11.8 Å². The summed E-state index contributed by atoms with van der Waals surface area (Å²) < 4.78 is 6.41. The van der Waals surface area contributed by atoms with E-state index in [0.717, 1.165) is 21.7 Å². The van der Waals surface area contributed by atoms with Crippen LogP contribution in [0.2, 0.25) is 0 Å². The molecule has 0 aliphatic rings. The van der Waals surface area contributed by atoms with Gasteiger partial charge in [0.05, 0.1) is 5.69 Å². The Kier molecular flexibility index (Phi) is 5.22. The van der Waals surface area contributed by atoms with E-state index in [2.05, 4.69) is 34.3 Å². The van der Waals surface area contributed by atoms with Gasteiger partial charge in [-0.1, -0.05) is 42.1 Å². The number of carbonyl (C=O) groups is 1. The van der Waals surface area contributed by atoms with E-state index in [9.17, 15) is 9.59 Å². The maximum absolute atomic E-state index is 12.4. The van der Waals surface area contributed by atoms with Crippen molar-refractivity contribution in [3.63, 3.8) is 0 Å². The fourth-order valence-electron chi connectivity index (χ4n) is 3.11. The SMILES string of the molecule is CC(=O)OCc1cc(=O)n2[nH]c(C)c(-c3ccc(Sc4ccccc4)cc3)c2n1. The summed E-state index contributed by atoms with van der Waals surface area (Å²) >= 11 is 1.69. The number of carbonyl (C=O) groups excluding carboxylic acids is 1. The Morgan fingerprint density at radius 2 is 1.79 bits per heavy atom. The van der Waals surface area contributed by atoms with Gasteiger partial charge in [-0.2, -0.15) is 0 Å². The number of aromatic nitrogens is 3. The Morgan fingerprint density at radius 1 is 1.10 bits per heavy atom. The highest BCUT2D eigenvalue weighted by atomic mass is 32.2. The van der Waals surface area contributed by atoms with E-state index < -0.39 is 5.97 Å². The predicted molar refractivity (Wildman–Crippen MR) is 112 cm³/mol. The second-order valence-corrected chi connectivity index (χ2v) is 7.72. The van der Waals surface area contributed by atoms with Gasteiger partial charge in [0.15, 0.2) is 5.65 Å². The molecule has 4 rings (SSSR count). The van der Waals surface area contributed by atoms with Gasteiger partial charge in [-0.05, 0) is 36.8 Å². The molecule has 0 unspecified atom stereocenters. The van der Waals surface area contributed by atoms with E-state index >= 15 is 0 Å². The second-order valence-electron chi connectivity index (χ2n) is 6.58. The lowest BCUT2D eigenvalue weighted by molar-refractivity contribution is -0.142. The van der Waals surface area contributed by atoms with Crippen molar-refractivity contribution in [1.29, 1.82) is 0 Å². The third-order valence-corrected chi connectivity index (χ3v) is 5.41. The topological polar surface area (TPSA) is 76.5 Å². The van der Waals surface area contributed by atoms with Crippen LogP contribution in [0.4, 0.5) is 0 Å². The van der Waals surface area contributed by atoms with Crippen molar-refractivity contribution in [1.82, 2.24) is 14.6 Å². The van der Waals surface area contributed by atoms with Gasteiger partial charge in [0.1, 0.15) is 6.61 Å². The highest BCUT2D eigenvalue weighted by Crippen LogP contribution is 2.31. The van der Waals surface area contributed by atoms with E-state index in [0.29, 0.717) is 11.3 Å². The maximum atomic E-state index is 12.4. The van der Waals surface area contributed by atoms with Gasteiger partial charge < -0.3 is 4.74 Å². The molecular formula is C22H19N3O3S. The molecule has 146 valence electrons. The molecule has 0 saturated heterocycles. The lowest BCUT2D eigenvalue weighted by Gasteiger charge is -2.05. The maximum Gasteiger partial charge on any atom is 0.303 e. The molecule has 6 nitrogen and oxygen atoms in total. The molecular weight excluding hydrogens is 386 g/mol. The van der Waals surface area contributed by atoms with Crippen LogP contribution in [0.1, 0.15) is 18.3 Å². The molecule has 0 radical (unpaired) electrons. The van der Waals surface area contributed by atoms with Crippen LogP contribution < -0.4 is 5.56 Å². The van der Waals surface area contributed by atoms with E-state index in [1.807, 2.05) is 37.3 Å². The van der Waals surface area contributed by atoms with E-state index in [-0.39, 0.29) is 12.2 Å². The minimum absolute atomic E-state index is 0.0304. The summed E-state index contributed by atoms with van der Waals surface area (Å²) in [4.78, 5) is 30.4. The van der Waals surface area contributed by atoms with Crippen LogP contribution in [0.25, 0.3) is 16.8 Å². The Labute approximate surface area is 171 Å². The summed E-state index contributed by atoms with van der Waals surface area (Å²) in [6, 6.07) is 19.7. The molecule has 0 fully saturated rings. The van der Waals surface area contributed by atoms with Crippen LogP contribution in [-0.2, 0) is 16.1 Å². The number of benzene rings is 2. The average Bonchev–Trinajstić information content (AvgIpc) is 3.04. The number of rotatable bonds is 5. The molecule has 0 amide bonds. The Hall–Kier alpha value is -3.32. The molecule has 29 heavy (non-hydrogen) atoms. The second kappa shape index (κ2) is 7.97. The number of fused-ring (bicyclic) bond motifs is 1. The number of esters is 1. The zero-order valence-electron chi connectivity index (χ0n) is 16.0. The Bertz CT molecular complexity index is 1230. The molecule has 2 heterocycles. The third-order valence-electron chi connectivity index (χ3n) is 4.40. The number of aromatic amines is 1. The largest absolute Gasteiger partial charge is 0.459 e. The summed E-state index contributed by atoms with van der Waals surface area (Å²) in [5.41, 5.74) is 3.33. The number of ether oxygens (including phenoxy) is 1. The Balaban J connectivity index is 1.70. The van der Waals surface area contributed by atoms with Crippen molar-refractivity contribution >= 4 is 23.4 Å². The normalized spacial score (nSPS) is 11.0. The van der Waals surface area contributed by atoms with Gasteiger partial charge >= 0.3 is 5.97 Å². The third kappa shape index (κ3) is 4.09. The quantitative estimate of drug-likeness (QED) is 0.503. The molecule has 4 aromatic rings. The molecule has 1 N–H and O–H groups in total. The number of hydrogen-bond donors (Lipinski definition) is 1. The van der Waals surface area contributed by atoms with Crippen molar-refractivity contribution < 1.29 is 9.53 Å². The Morgan fingerprint density at radius 3 is 2.48 bits per heavy atom. The molecule has 0 atom stereocenters. The average molecular weight is 405 g/mol. The lowest BCUT2D eigenvalue weighted by Crippen LogP contribution is -2.16. The van der Waals surface area contributed by atoms with Gasteiger partial charge in [0.25, 0.3) is 5.56 Å². The van der Waals surface area contributed by atoms with E-state index in [1.54, 1.807) is 11.8 Å². The van der Waals surface area contributed by atoms with Crippen LogP contribution in [0, 0.1) is 6.92 Å². The first-order valence-corrected chi connectivity index (χ1v) is 9.91. The van der Waals surface area contributed by atoms with Crippen molar-refractivity contribution in [2.75, 3.05) is 0 Å². The van der Waals surface area contributed by atoms with Gasteiger partial charge in [-0.15, -0.1) is 0 Å². The zero-order chi connectivity index (χ0) is 20.4. The molecule has 0 saturated carbocycles. The molecule has 2 aromatic carbocycles. The summed E-state index contributed by atoms with van der Waals surface area (Å²) in [5.74, 6) is -0.413. The molecule has 0 aliphatic heterocycles. The predicted octanol–water partition coefficient (Wildman–Crippen LogP) is 4.21. The highest BCUT2D eigenvalue weighted by molar-refractivity contribution is 7.99. The number of hydrogen-bond acceptors (Lipinski definition) is 5.